The molecule has 250 valence electrons. The minimum atomic E-state index is -5.11. The van der Waals surface area contributed by atoms with Gasteiger partial charge in [0.25, 0.3) is 5.95 Å². The maximum atomic E-state index is 13.8. The molecule has 1 amide bonds. The Kier molecular flexibility index (Phi) is 8.90. The zero-order chi connectivity index (χ0) is 33.6. The van der Waals surface area contributed by atoms with E-state index in [0.717, 1.165) is 29.8 Å². The van der Waals surface area contributed by atoms with Crippen molar-refractivity contribution in [1.82, 2.24) is 20.2 Å². The summed E-state index contributed by atoms with van der Waals surface area (Å²) in [6.45, 7) is 1.19. The van der Waals surface area contributed by atoms with E-state index < -0.39 is 59.8 Å². The Morgan fingerprint density at radius 3 is 2.11 bits per heavy atom. The van der Waals surface area contributed by atoms with Gasteiger partial charge in [-0.3, -0.25) is 4.79 Å². The SMILES string of the molecule is CCC1CC(N(Cc2cc(C(F)(F)F)cc(C(F)(F)F)c2)c2nnn(C)n2)c2cc(OC(F)(F)F)ccc2N1C(=O)C1CCCC1. The van der Waals surface area contributed by atoms with E-state index in [9.17, 15) is 44.3 Å². The molecule has 2 heterocycles. The Morgan fingerprint density at radius 1 is 0.957 bits per heavy atom. The van der Waals surface area contributed by atoms with Gasteiger partial charge in [-0.2, -0.15) is 31.1 Å². The highest BCUT2D eigenvalue weighted by atomic mass is 19.4. The van der Waals surface area contributed by atoms with Crippen LogP contribution >= 0.6 is 0 Å². The number of rotatable bonds is 7. The molecule has 1 aromatic heterocycles. The van der Waals surface area contributed by atoms with E-state index in [1.807, 2.05) is 0 Å². The van der Waals surface area contributed by atoms with Crippen molar-refractivity contribution < 1.29 is 49.0 Å². The number of benzene rings is 2. The van der Waals surface area contributed by atoms with E-state index in [1.165, 1.54) is 18.0 Å². The molecule has 5 rings (SSSR count). The molecule has 1 aliphatic heterocycles. The van der Waals surface area contributed by atoms with Crippen molar-refractivity contribution in [3.63, 3.8) is 0 Å². The molecule has 2 aliphatic rings. The molecule has 0 saturated heterocycles. The van der Waals surface area contributed by atoms with Gasteiger partial charge in [0.15, 0.2) is 0 Å². The molecule has 1 saturated carbocycles. The fourth-order valence-corrected chi connectivity index (χ4v) is 6.23. The summed E-state index contributed by atoms with van der Waals surface area (Å²) in [5.41, 5.74) is -3.09. The van der Waals surface area contributed by atoms with Crippen LogP contribution in [0.4, 0.5) is 51.1 Å². The summed E-state index contributed by atoms with van der Waals surface area (Å²) in [6, 6.07) is 3.05. The zero-order valence-electron chi connectivity index (χ0n) is 24.5. The van der Waals surface area contributed by atoms with Crippen molar-refractivity contribution in [1.29, 1.82) is 0 Å². The van der Waals surface area contributed by atoms with Gasteiger partial charge in [-0.05, 0) is 72.9 Å². The van der Waals surface area contributed by atoms with Crippen LogP contribution in [0, 0.1) is 5.92 Å². The first kappa shape index (κ1) is 33.3. The van der Waals surface area contributed by atoms with Crippen molar-refractivity contribution in [3.05, 3.63) is 58.7 Å². The molecule has 2 aromatic carbocycles. The van der Waals surface area contributed by atoms with E-state index in [1.54, 1.807) is 11.8 Å². The summed E-state index contributed by atoms with van der Waals surface area (Å²) < 4.78 is 126. The molecule has 0 spiro atoms. The summed E-state index contributed by atoms with van der Waals surface area (Å²) in [6.07, 6.45) is -11.9. The van der Waals surface area contributed by atoms with Crippen LogP contribution in [0.1, 0.15) is 73.7 Å². The fourth-order valence-electron chi connectivity index (χ4n) is 6.23. The molecule has 2 atom stereocenters. The first-order valence-electron chi connectivity index (χ1n) is 14.5. The van der Waals surface area contributed by atoms with Gasteiger partial charge in [0.05, 0.1) is 24.2 Å². The highest BCUT2D eigenvalue weighted by Gasteiger charge is 2.43. The Labute approximate surface area is 257 Å². The van der Waals surface area contributed by atoms with Crippen LogP contribution in [0.3, 0.4) is 0 Å². The Hall–Kier alpha value is -4.05. The number of amides is 1. The van der Waals surface area contributed by atoms with Crippen LogP contribution in [0.5, 0.6) is 5.75 Å². The molecular weight excluding hydrogens is 635 g/mol. The molecule has 1 fully saturated rings. The average Bonchev–Trinajstić information content (AvgIpc) is 3.65. The third kappa shape index (κ3) is 7.17. The molecule has 1 aliphatic carbocycles. The van der Waals surface area contributed by atoms with E-state index in [-0.39, 0.29) is 41.5 Å². The lowest BCUT2D eigenvalue weighted by atomic mass is 9.87. The van der Waals surface area contributed by atoms with Crippen molar-refractivity contribution in [2.45, 2.75) is 82.8 Å². The first-order chi connectivity index (χ1) is 21.4. The number of hydrogen-bond donors (Lipinski definition) is 0. The number of aryl methyl sites for hydroxylation is 1. The van der Waals surface area contributed by atoms with Crippen LogP contribution in [0.15, 0.2) is 36.4 Å². The smallest absolute Gasteiger partial charge is 0.406 e. The molecule has 0 N–H and O–H groups in total. The standard InChI is InChI=1S/C29H29F9N6O2/c1-3-20-13-24(22-14-21(46-29(36,37)38)8-9-23(22)44(20)25(45)17-6-4-5-7-17)43(26-39-41-42(2)40-26)15-16-10-18(27(30,31)32)12-19(11-16)28(33,34)35/h8-12,14,17,20,24H,3-7,13,15H2,1-2H3. The zero-order valence-corrected chi connectivity index (χ0v) is 24.5. The van der Waals surface area contributed by atoms with E-state index >= 15 is 0 Å². The summed E-state index contributed by atoms with van der Waals surface area (Å²) in [5, 5.41) is 11.8. The number of tetrazole rings is 1. The molecule has 3 aromatic rings. The lowest BCUT2D eigenvalue weighted by Crippen LogP contribution is -2.49. The van der Waals surface area contributed by atoms with Gasteiger partial charge in [0.1, 0.15) is 5.75 Å². The second kappa shape index (κ2) is 12.3. The number of halogens is 9. The van der Waals surface area contributed by atoms with Crippen LogP contribution in [-0.4, -0.2) is 38.5 Å². The molecule has 17 heteroatoms. The molecule has 8 nitrogen and oxygen atoms in total. The van der Waals surface area contributed by atoms with Crippen LogP contribution < -0.4 is 14.5 Å². The number of nitrogens with zero attached hydrogens (tertiary/aromatic N) is 6. The lowest BCUT2D eigenvalue weighted by Gasteiger charge is -2.45. The Morgan fingerprint density at radius 2 is 1.59 bits per heavy atom. The highest BCUT2D eigenvalue weighted by molar-refractivity contribution is 5.97. The van der Waals surface area contributed by atoms with Gasteiger partial charge in [0, 0.05) is 29.8 Å². The van der Waals surface area contributed by atoms with Gasteiger partial charge < -0.3 is 14.5 Å². The highest BCUT2D eigenvalue weighted by Crippen LogP contribution is 2.46. The number of alkyl halides is 9. The Balaban J connectivity index is 1.67. The van der Waals surface area contributed by atoms with Crippen LogP contribution in [0.2, 0.25) is 0 Å². The van der Waals surface area contributed by atoms with Gasteiger partial charge in [0.2, 0.25) is 5.91 Å². The number of aromatic nitrogens is 4. The van der Waals surface area contributed by atoms with Gasteiger partial charge in [-0.1, -0.05) is 24.9 Å². The second-order valence-corrected chi connectivity index (χ2v) is 11.4. The van der Waals surface area contributed by atoms with Gasteiger partial charge in [-0.15, -0.1) is 18.3 Å². The number of fused-ring (bicyclic) bond motifs is 1. The third-order valence-electron chi connectivity index (χ3n) is 8.26. The molecular formula is C29H29F9N6O2. The van der Waals surface area contributed by atoms with Crippen molar-refractivity contribution in [2.24, 2.45) is 13.0 Å². The van der Waals surface area contributed by atoms with Crippen LogP contribution in [0.25, 0.3) is 0 Å². The minimum Gasteiger partial charge on any atom is -0.406 e. The second-order valence-electron chi connectivity index (χ2n) is 11.4. The summed E-state index contributed by atoms with van der Waals surface area (Å²) in [7, 11) is 1.39. The van der Waals surface area contributed by atoms with Crippen molar-refractivity contribution >= 4 is 17.5 Å². The maximum Gasteiger partial charge on any atom is 0.573 e. The maximum absolute atomic E-state index is 13.8. The number of carbonyl (C=O) groups is 1. The predicted molar refractivity (Wildman–Crippen MR) is 145 cm³/mol. The van der Waals surface area contributed by atoms with E-state index in [2.05, 4.69) is 20.1 Å². The largest absolute Gasteiger partial charge is 0.573 e. The lowest BCUT2D eigenvalue weighted by molar-refractivity contribution is -0.274. The number of carbonyl (C=O) groups excluding carboxylic acids is 1. The Bertz CT molecular complexity index is 1530. The normalized spacial score (nSPS) is 19.3. The van der Waals surface area contributed by atoms with Crippen molar-refractivity contribution in [2.75, 3.05) is 9.80 Å². The van der Waals surface area contributed by atoms with Gasteiger partial charge >= 0.3 is 18.7 Å². The summed E-state index contributed by atoms with van der Waals surface area (Å²) in [5.74, 6) is -1.32. The van der Waals surface area contributed by atoms with Crippen LogP contribution in [-0.2, 0) is 30.7 Å². The molecule has 2 unspecified atom stereocenters. The molecule has 0 bridgehead atoms. The quantitative estimate of drug-likeness (QED) is 0.242. The fraction of sp³-hybridized carbons (Fsp3) is 0.517. The summed E-state index contributed by atoms with van der Waals surface area (Å²) in [4.78, 5) is 17.7. The monoisotopic (exact) mass is 664 g/mol. The van der Waals surface area contributed by atoms with Crippen molar-refractivity contribution in [3.8, 4) is 5.75 Å². The van der Waals surface area contributed by atoms with Gasteiger partial charge in [-0.25, -0.2) is 0 Å². The van der Waals surface area contributed by atoms with E-state index in [4.69, 9.17) is 0 Å². The average molecular weight is 665 g/mol. The number of hydrogen-bond acceptors (Lipinski definition) is 6. The number of ether oxygens (including phenoxy) is 1. The van der Waals surface area contributed by atoms with E-state index in [0.29, 0.717) is 31.4 Å². The topological polar surface area (TPSA) is 76.4 Å². The minimum absolute atomic E-state index is 0.00466. The summed E-state index contributed by atoms with van der Waals surface area (Å²) >= 11 is 0. The molecule has 46 heavy (non-hydrogen) atoms. The predicted octanol–water partition coefficient (Wildman–Crippen LogP) is 7.60. The number of anilines is 2. The third-order valence-corrected chi connectivity index (χ3v) is 8.26. The first-order valence-corrected chi connectivity index (χ1v) is 14.5. The molecule has 0 radical (unpaired) electrons.